The van der Waals surface area contributed by atoms with Gasteiger partial charge in [0, 0.05) is 26.2 Å². The summed E-state index contributed by atoms with van der Waals surface area (Å²) in [5.41, 5.74) is 0.234. The molecule has 86 valence electrons. The van der Waals surface area contributed by atoms with Crippen molar-refractivity contribution in [3.63, 3.8) is 0 Å². The monoisotopic (exact) mass is 246 g/mol. The number of thiophene rings is 1. The summed E-state index contributed by atoms with van der Waals surface area (Å²) < 4.78 is 16.5. The Balaban J connectivity index is 2.98. The molecule has 0 N–H and O–H groups in total. The molecule has 0 saturated heterocycles. The smallest absolute Gasteiger partial charge is 0.376 e. The van der Waals surface area contributed by atoms with Gasteiger partial charge in [-0.1, -0.05) is 13.0 Å². The van der Waals surface area contributed by atoms with Gasteiger partial charge >= 0.3 is 8.80 Å². The first kappa shape index (κ1) is 12.9. The third kappa shape index (κ3) is 2.48. The number of rotatable bonds is 6. The van der Waals surface area contributed by atoms with Gasteiger partial charge in [0.25, 0.3) is 0 Å². The van der Waals surface area contributed by atoms with Crippen molar-refractivity contribution in [2.45, 2.75) is 18.9 Å². The van der Waals surface area contributed by atoms with Crippen LogP contribution in [0.3, 0.4) is 0 Å². The molecule has 15 heavy (non-hydrogen) atoms. The zero-order valence-corrected chi connectivity index (χ0v) is 11.5. The van der Waals surface area contributed by atoms with Gasteiger partial charge in [0.05, 0.1) is 5.54 Å². The molecule has 0 aromatic carbocycles. The van der Waals surface area contributed by atoms with E-state index < -0.39 is 8.80 Å². The van der Waals surface area contributed by atoms with Crippen molar-refractivity contribution >= 4 is 20.1 Å². The van der Waals surface area contributed by atoms with E-state index in [1.807, 2.05) is 6.07 Å². The zero-order chi connectivity index (χ0) is 11.3. The molecule has 1 heterocycles. The van der Waals surface area contributed by atoms with Gasteiger partial charge in [0.2, 0.25) is 0 Å². The molecule has 1 aromatic rings. The summed E-state index contributed by atoms with van der Waals surface area (Å²) in [5, 5.41) is 2.07. The maximum absolute atomic E-state index is 5.51. The van der Waals surface area contributed by atoms with Crippen LogP contribution in [-0.4, -0.2) is 30.1 Å². The summed E-state index contributed by atoms with van der Waals surface area (Å²) >= 11 is 1.72. The SMILES string of the molecule is CCC(c1cccs1)[Si](OC)(OC)OC. The molecule has 0 aliphatic rings. The lowest BCUT2D eigenvalue weighted by molar-refractivity contribution is 0.112. The molecule has 0 saturated carbocycles. The highest BCUT2D eigenvalue weighted by molar-refractivity contribution is 7.10. The van der Waals surface area contributed by atoms with Crippen LogP contribution in [0.2, 0.25) is 0 Å². The molecule has 3 nitrogen and oxygen atoms in total. The fourth-order valence-corrected chi connectivity index (χ4v) is 5.53. The molecule has 0 bridgehead atoms. The van der Waals surface area contributed by atoms with Crippen LogP contribution in [0.4, 0.5) is 0 Å². The van der Waals surface area contributed by atoms with Crippen LogP contribution in [0.1, 0.15) is 23.8 Å². The topological polar surface area (TPSA) is 27.7 Å². The molecule has 0 spiro atoms. The van der Waals surface area contributed by atoms with E-state index in [9.17, 15) is 0 Å². The van der Waals surface area contributed by atoms with E-state index in [1.165, 1.54) is 4.88 Å². The highest BCUT2D eigenvalue weighted by atomic mass is 32.1. The highest BCUT2D eigenvalue weighted by Crippen LogP contribution is 2.34. The first-order valence-corrected chi connectivity index (χ1v) is 7.61. The molecule has 0 aliphatic carbocycles. The van der Waals surface area contributed by atoms with E-state index in [4.69, 9.17) is 13.3 Å². The molecule has 0 aliphatic heterocycles. The average Bonchev–Trinajstić information content (AvgIpc) is 2.79. The third-order valence-corrected chi connectivity index (χ3v) is 7.05. The third-order valence-electron chi connectivity index (χ3n) is 2.58. The van der Waals surface area contributed by atoms with Crippen molar-refractivity contribution in [2.24, 2.45) is 0 Å². The lowest BCUT2D eigenvalue weighted by Crippen LogP contribution is -2.49. The summed E-state index contributed by atoms with van der Waals surface area (Å²) in [7, 11) is 2.45. The van der Waals surface area contributed by atoms with E-state index in [0.717, 1.165) is 6.42 Å². The van der Waals surface area contributed by atoms with Crippen LogP contribution in [-0.2, 0) is 13.3 Å². The van der Waals surface area contributed by atoms with E-state index in [2.05, 4.69) is 18.4 Å². The normalized spacial score (nSPS) is 14.1. The first-order chi connectivity index (χ1) is 7.24. The fraction of sp³-hybridized carbons (Fsp3) is 0.600. The van der Waals surface area contributed by atoms with Crippen LogP contribution in [0.25, 0.3) is 0 Å². The van der Waals surface area contributed by atoms with Crippen molar-refractivity contribution in [1.82, 2.24) is 0 Å². The van der Waals surface area contributed by atoms with E-state index in [0.29, 0.717) is 0 Å². The average molecular weight is 246 g/mol. The lowest BCUT2D eigenvalue weighted by atomic mass is 10.3. The minimum absolute atomic E-state index is 0.234. The second-order valence-corrected chi connectivity index (χ2v) is 7.30. The lowest BCUT2D eigenvalue weighted by Gasteiger charge is -2.31. The Morgan fingerprint density at radius 1 is 1.27 bits per heavy atom. The largest absolute Gasteiger partial charge is 0.508 e. The molecule has 1 rings (SSSR count). The van der Waals surface area contributed by atoms with Crippen LogP contribution >= 0.6 is 11.3 Å². The van der Waals surface area contributed by atoms with Gasteiger partial charge in [0.15, 0.2) is 0 Å². The van der Waals surface area contributed by atoms with Crippen molar-refractivity contribution < 1.29 is 13.3 Å². The predicted octanol–water partition coefficient (Wildman–Crippen LogP) is 2.66. The summed E-state index contributed by atoms with van der Waals surface area (Å²) in [5.74, 6) is 0. The maximum Gasteiger partial charge on any atom is 0.508 e. The summed E-state index contributed by atoms with van der Waals surface area (Å²) in [6, 6.07) is 4.15. The van der Waals surface area contributed by atoms with Crippen molar-refractivity contribution in [3.05, 3.63) is 22.4 Å². The molecule has 0 fully saturated rings. The quantitative estimate of drug-likeness (QED) is 0.722. The Morgan fingerprint density at radius 3 is 2.20 bits per heavy atom. The van der Waals surface area contributed by atoms with Gasteiger partial charge in [-0.3, -0.25) is 0 Å². The van der Waals surface area contributed by atoms with Gasteiger partial charge in [0.1, 0.15) is 0 Å². The van der Waals surface area contributed by atoms with Gasteiger partial charge < -0.3 is 13.3 Å². The Kier molecular flexibility index (Phi) is 4.94. The van der Waals surface area contributed by atoms with Crippen molar-refractivity contribution in [2.75, 3.05) is 21.3 Å². The van der Waals surface area contributed by atoms with Gasteiger partial charge in [-0.2, -0.15) is 0 Å². The standard InChI is InChI=1S/C10H18O3SSi/c1-5-10(9-7-6-8-14-9)15(11-2,12-3)13-4/h6-8,10H,5H2,1-4H3. The maximum atomic E-state index is 5.51. The molecule has 1 unspecified atom stereocenters. The Bertz CT molecular complexity index is 264. The molecule has 1 aromatic heterocycles. The van der Waals surface area contributed by atoms with E-state index in [-0.39, 0.29) is 5.54 Å². The van der Waals surface area contributed by atoms with Crippen LogP contribution in [0.15, 0.2) is 17.5 Å². The Morgan fingerprint density at radius 2 is 1.87 bits per heavy atom. The molecule has 1 atom stereocenters. The van der Waals surface area contributed by atoms with Crippen LogP contribution in [0, 0.1) is 0 Å². The van der Waals surface area contributed by atoms with Crippen LogP contribution < -0.4 is 0 Å². The van der Waals surface area contributed by atoms with E-state index >= 15 is 0 Å². The second-order valence-electron chi connectivity index (χ2n) is 3.19. The minimum Gasteiger partial charge on any atom is -0.376 e. The fourth-order valence-electron chi connectivity index (χ4n) is 1.79. The first-order valence-electron chi connectivity index (χ1n) is 4.92. The van der Waals surface area contributed by atoms with Crippen molar-refractivity contribution in [3.8, 4) is 0 Å². The molecular weight excluding hydrogens is 228 g/mol. The number of hydrogen-bond acceptors (Lipinski definition) is 4. The van der Waals surface area contributed by atoms with Crippen LogP contribution in [0.5, 0.6) is 0 Å². The Labute approximate surface area is 96.4 Å². The molecular formula is C10H18O3SSi. The summed E-state index contributed by atoms with van der Waals surface area (Å²) in [6.45, 7) is 2.13. The highest BCUT2D eigenvalue weighted by Gasteiger charge is 2.47. The Hall–Kier alpha value is -0.203. The van der Waals surface area contributed by atoms with Crippen molar-refractivity contribution in [1.29, 1.82) is 0 Å². The van der Waals surface area contributed by atoms with Gasteiger partial charge in [-0.05, 0) is 17.9 Å². The van der Waals surface area contributed by atoms with Gasteiger partial charge in [-0.15, -0.1) is 11.3 Å². The summed E-state index contributed by atoms with van der Waals surface area (Å²) in [6.07, 6.45) is 0.961. The minimum atomic E-state index is -2.54. The zero-order valence-electron chi connectivity index (χ0n) is 9.65. The summed E-state index contributed by atoms with van der Waals surface area (Å²) in [4.78, 5) is 1.27. The molecule has 5 heteroatoms. The molecule has 0 amide bonds. The molecule has 0 radical (unpaired) electrons. The predicted molar refractivity (Wildman–Crippen MR) is 64.1 cm³/mol. The van der Waals surface area contributed by atoms with E-state index in [1.54, 1.807) is 32.7 Å². The number of hydrogen-bond donors (Lipinski definition) is 0. The second kappa shape index (κ2) is 5.76. The van der Waals surface area contributed by atoms with Gasteiger partial charge in [-0.25, -0.2) is 0 Å².